The topological polar surface area (TPSA) is 69.6 Å². The van der Waals surface area contributed by atoms with Crippen molar-refractivity contribution in [1.29, 1.82) is 0 Å². The molecule has 0 atom stereocenters. The molecule has 0 spiro atoms. The van der Waals surface area contributed by atoms with Crippen LogP contribution in [0, 0.1) is 13.8 Å². The summed E-state index contributed by atoms with van der Waals surface area (Å²) in [5, 5.41) is 2.93. The van der Waals surface area contributed by atoms with Crippen LogP contribution in [0.4, 0.5) is 5.69 Å². The Morgan fingerprint density at radius 2 is 1.77 bits per heavy atom. The second kappa shape index (κ2) is 9.98. The number of aryl methyl sites for hydroxylation is 1. The summed E-state index contributed by atoms with van der Waals surface area (Å²) in [5.74, 6) is 0.129. The molecule has 0 aliphatic rings. The number of carbonyl (C=O) groups excluding carboxylic acids is 2. The third-order valence-electron chi connectivity index (χ3n) is 5.12. The summed E-state index contributed by atoms with van der Waals surface area (Å²) < 4.78 is 12.5. The number of benzene rings is 2. The monoisotopic (exact) mass is 420 g/mol. The van der Waals surface area contributed by atoms with Gasteiger partial charge in [0.05, 0.1) is 25.0 Å². The van der Waals surface area contributed by atoms with Gasteiger partial charge in [-0.15, -0.1) is 0 Å². The van der Waals surface area contributed by atoms with Gasteiger partial charge >= 0.3 is 5.97 Å². The van der Waals surface area contributed by atoms with Crippen molar-refractivity contribution in [2.75, 3.05) is 19.0 Å². The SMILES string of the molecule is CCOC(=O)c1cc(-c2ccccc2)n(CCC(=O)Nc2cc(C)ccc2OC)c1C. The number of methoxy groups -OCH3 is 1. The van der Waals surface area contributed by atoms with Gasteiger partial charge in [0.1, 0.15) is 5.75 Å². The minimum Gasteiger partial charge on any atom is -0.495 e. The predicted octanol–water partition coefficient (Wildman–Crippen LogP) is 4.99. The molecule has 1 amide bonds. The highest BCUT2D eigenvalue weighted by Gasteiger charge is 2.20. The molecule has 6 heteroatoms. The second-order valence-electron chi connectivity index (χ2n) is 7.27. The average molecular weight is 421 g/mol. The van der Waals surface area contributed by atoms with Gasteiger partial charge in [-0.25, -0.2) is 4.79 Å². The summed E-state index contributed by atoms with van der Waals surface area (Å²) in [5.41, 5.74) is 4.82. The van der Waals surface area contributed by atoms with E-state index in [0.29, 0.717) is 30.2 Å². The smallest absolute Gasteiger partial charge is 0.339 e. The molecular weight excluding hydrogens is 392 g/mol. The Hall–Kier alpha value is -3.54. The van der Waals surface area contributed by atoms with Crippen LogP contribution in [0.5, 0.6) is 5.75 Å². The molecule has 1 heterocycles. The van der Waals surface area contributed by atoms with Crippen LogP contribution in [-0.2, 0) is 16.1 Å². The molecule has 6 nitrogen and oxygen atoms in total. The molecule has 0 radical (unpaired) electrons. The Morgan fingerprint density at radius 1 is 1.03 bits per heavy atom. The van der Waals surface area contributed by atoms with Crippen LogP contribution >= 0.6 is 0 Å². The number of hydrogen-bond acceptors (Lipinski definition) is 4. The number of aromatic nitrogens is 1. The molecule has 0 unspecified atom stereocenters. The van der Waals surface area contributed by atoms with E-state index in [1.54, 1.807) is 14.0 Å². The first-order valence-electron chi connectivity index (χ1n) is 10.3. The second-order valence-corrected chi connectivity index (χ2v) is 7.27. The van der Waals surface area contributed by atoms with Crippen LogP contribution < -0.4 is 10.1 Å². The first-order valence-corrected chi connectivity index (χ1v) is 10.3. The lowest BCUT2D eigenvalue weighted by atomic mass is 10.1. The van der Waals surface area contributed by atoms with Crippen molar-refractivity contribution >= 4 is 17.6 Å². The van der Waals surface area contributed by atoms with Gasteiger partial charge < -0.3 is 19.4 Å². The quantitative estimate of drug-likeness (QED) is 0.522. The summed E-state index contributed by atoms with van der Waals surface area (Å²) in [6, 6.07) is 17.3. The number of anilines is 1. The Kier molecular flexibility index (Phi) is 7.13. The zero-order chi connectivity index (χ0) is 22.4. The minimum absolute atomic E-state index is 0.131. The van der Waals surface area contributed by atoms with Crippen molar-refractivity contribution in [3.63, 3.8) is 0 Å². The van der Waals surface area contributed by atoms with Crippen molar-refractivity contribution in [2.24, 2.45) is 0 Å². The van der Waals surface area contributed by atoms with E-state index < -0.39 is 0 Å². The molecule has 0 fully saturated rings. The Labute approximate surface area is 182 Å². The zero-order valence-electron chi connectivity index (χ0n) is 18.4. The molecule has 0 saturated carbocycles. The number of nitrogens with zero attached hydrogens (tertiary/aromatic N) is 1. The fourth-order valence-corrected chi connectivity index (χ4v) is 3.54. The van der Waals surface area contributed by atoms with Gasteiger partial charge in [0, 0.05) is 24.4 Å². The van der Waals surface area contributed by atoms with E-state index in [4.69, 9.17) is 9.47 Å². The van der Waals surface area contributed by atoms with E-state index in [1.807, 2.05) is 73.0 Å². The first-order chi connectivity index (χ1) is 14.9. The number of hydrogen-bond donors (Lipinski definition) is 1. The number of ether oxygens (including phenoxy) is 2. The highest BCUT2D eigenvalue weighted by atomic mass is 16.5. The summed E-state index contributed by atoms with van der Waals surface area (Å²) in [4.78, 5) is 25.1. The highest BCUT2D eigenvalue weighted by molar-refractivity contribution is 5.93. The molecule has 1 aromatic heterocycles. The van der Waals surface area contributed by atoms with Crippen molar-refractivity contribution in [3.05, 3.63) is 71.4 Å². The van der Waals surface area contributed by atoms with Crippen LogP contribution in [0.25, 0.3) is 11.3 Å². The van der Waals surface area contributed by atoms with Crippen molar-refractivity contribution in [1.82, 2.24) is 4.57 Å². The molecule has 0 aliphatic heterocycles. The maximum absolute atomic E-state index is 12.7. The number of amides is 1. The van der Waals surface area contributed by atoms with E-state index >= 15 is 0 Å². The normalized spacial score (nSPS) is 10.6. The first kappa shape index (κ1) is 22.2. The molecule has 3 rings (SSSR count). The van der Waals surface area contributed by atoms with Gasteiger partial charge in [-0.05, 0) is 50.1 Å². The van der Waals surface area contributed by atoms with Crippen LogP contribution in [0.3, 0.4) is 0 Å². The van der Waals surface area contributed by atoms with Gasteiger partial charge in [0.15, 0.2) is 0 Å². The summed E-state index contributed by atoms with van der Waals surface area (Å²) in [7, 11) is 1.58. The molecule has 2 aromatic carbocycles. The van der Waals surface area contributed by atoms with Crippen molar-refractivity contribution < 1.29 is 19.1 Å². The summed E-state index contributed by atoms with van der Waals surface area (Å²) in [6.07, 6.45) is 0.245. The van der Waals surface area contributed by atoms with Crippen LogP contribution in [0.15, 0.2) is 54.6 Å². The Bertz CT molecular complexity index is 1070. The zero-order valence-corrected chi connectivity index (χ0v) is 18.4. The third-order valence-corrected chi connectivity index (χ3v) is 5.12. The lowest BCUT2D eigenvalue weighted by Crippen LogP contribution is -2.16. The standard InChI is InChI=1S/C25H28N2O4/c1-5-31-25(29)20-16-22(19-9-7-6-8-10-19)27(18(20)3)14-13-24(28)26-21-15-17(2)11-12-23(21)30-4/h6-12,15-16H,5,13-14H2,1-4H3,(H,26,28). The molecule has 0 bridgehead atoms. The van der Waals surface area contributed by atoms with Gasteiger partial charge in [-0.1, -0.05) is 36.4 Å². The van der Waals surface area contributed by atoms with E-state index in [9.17, 15) is 9.59 Å². The van der Waals surface area contributed by atoms with Crippen LogP contribution in [0.1, 0.15) is 35.0 Å². The number of carbonyl (C=O) groups is 2. The van der Waals surface area contributed by atoms with Gasteiger partial charge in [-0.2, -0.15) is 0 Å². The fourth-order valence-electron chi connectivity index (χ4n) is 3.54. The van der Waals surface area contributed by atoms with E-state index in [1.165, 1.54) is 0 Å². The molecule has 0 saturated heterocycles. The molecule has 162 valence electrons. The Balaban J connectivity index is 1.84. The van der Waals surface area contributed by atoms with Gasteiger partial charge in [0.2, 0.25) is 5.91 Å². The minimum atomic E-state index is -0.357. The lowest BCUT2D eigenvalue weighted by Gasteiger charge is -2.14. The maximum atomic E-state index is 12.7. The Morgan fingerprint density at radius 3 is 2.45 bits per heavy atom. The molecular formula is C25H28N2O4. The average Bonchev–Trinajstić information content (AvgIpc) is 3.09. The predicted molar refractivity (Wildman–Crippen MR) is 122 cm³/mol. The van der Waals surface area contributed by atoms with Crippen LogP contribution in [-0.4, -0.2) is 30.2 Å². The number of esters is 1. The van der Waals surface area contributed by atoms with Gasteiger partial charge in [-0.3, -0.25) is 4.79 Å². The third kappa shape index (κ3) is 5.15. The maximum Gasteiger partial charge on any atom is 0.339 e. The van der Waals surface area contributed by atoms with Crippen LogP contribution in [0.2, 0.25) is 0 Å². The van der Waals surface area contributed by atoms with E-state index in [-0.39, 0.29) is 18.3 Å². The fraction of sp³-hybridized carbons (Fsp3) is 0.280. The summed E-state index contributed by atoms with van der Waals surface area (Å²) >= 11 is 0. The number of rotatable bonds is 8. The molecule has 0 aliphatic carbocycles. The molecule has 3 aromatic rings. The molecule has 1 N–H and O–H groups in total. The van der Waals surface area contributed by atoms with Crippen molar-refractivity contribution in [2.45, 2.75) is 33.7 Å². The van der Waals surface area contributed by atoms with E-state index in [0.717, 1.165) is 22.5 Å². The number of nitrogens with one attached hydrogen (secondary N) is 1. The van der Waals surface area contributed by atoms with E-state index in [2.05, 4.69) is 5.32 Å². The molecule has 31 heavy (non-hydrogen) atoms. The van der Waals surface area contributed by atoms with Gasteiger partial charge in [0.25, 0.3) is 0 Å². The van der Waals surface area contributed by atoms with Crippen molar-refractivity contribution in [3.8, 4) is 17.0 Å². The summed E-state index contributed by atoms with van der Waals surface area (Å²) in [6.45, 7) is 6.36. The largest absolute Gasteiger partial charge is 0.495 e. The lowest BCUT2D eigenvalue weighted by molar-refractivity contribution is -0.116. The highest BCUT2D eigenvalue weighted by Crippen LogP contribution is 2.28.